The van der Waals surface area contributed by atoms with Gasteiger partial charge in [-0.1, -0.05) is 84.9 Å². The van der Waals surface area contributed by atoms with Gasteiger partial charge in [-0.3, -0.25) is 19.6 Å². The summed E-state index contributed by atoms with van der Waals surface area (Å²) in [7, 11) is 0. The lowest BCUT2D eigenvalue weighted by Gasteiger charge is -2.28. The van der Waals surface area contributed by atoms with Gasteiger partial charge in [0.25, 0.3) is 0 Å². The van der Waals surface area contributed by atoms with Gasteiger partial charge in [0, 0.05) is 53.9 Å². The van der Waals surface area contributed by atoms with Gasteiger partial charge in [0.05, 0.1) is 11.4 Å². The zero-order valence-corrected chi connectivity index (χ0v) is 34.6. The number of Topliss-reactive ketones (excluding diaryl/α,β-unsaturated/α-hetero) is 2. The standard InChI is InChI=1S/C49H62N2O4/c1-11-31(6)17-36-15-14-16-46(52)42-23-39(13-3)48(25-44(42)50-26-36)55-29-38-20-37(21-40(22-38)30(4)5)28-54-47-24-45-43(19-33(47)8)49(53)35(10)34(9)41(27-51-45)18-32(7)12-2/h19-27,30,34-36,41H,6-7,11-18,28-29H2,1-5,8-10H3. The minimum Gasteiger partial charge on any atom is -0.489 e. The molecule has 0 aliphatic carbocycles. The summed E-state index contributed by atoms with van der Waals surface area (Å²) < 4.78 is 13.0. The molecule has 0 radical (unpaired) electrons. The number of benzene rings is 3. The molecule has 292 valence electrons. The fraction of sp³-hybridized carbons (Fsp3) is 0.469. The summed E-state index contributed by atoms with van der Waals surface area (Å²) in [5.41, 5.74) is 10.3. The minimum absolute atomic E-state index is 0.127. The van der Waals surface area contributed by atoms with Crippen LogP contribution in [0, 0.1) is 30.6 Å². The van der Waals surface area contributed by atoms with Gasteiger partial charge in [-0.2, -0.15) is 0 Å². The monoisotopic (exact) mass is 742 g/mol. The lowest BCUT2D eigenvalue weighted by Crippen LogP contribution is -2.28. The number of rotatable bonds is 14. The average Bonchev–Trinajstić information content (AvgIpc) is 3.25. The van der Waals surface area contributed by atoms with Crippen molar-refractivity contribution in [1.82, 2.24) is 0 Å². The van der Waals surface area contributed by atoms with Crippen LogP contribution in [0.4, 0.5) is 11.4 Å². The van der Waals surface area contributed by atoms with E-state index >= 15 is 0 Å². The summed E-state index contributed by atoms with van der Waals surface area (Å²) >= 11 is 0. The van der Waals surface area contributed by atoms with Gasteiger partial charge in [0.15, 0.2) is 11.6 Å². The van der Waals surface area contributed by atoms with Crippen molar-refractivity contribution in [2.75, 3.05) is 0 Å². The molecule has 0 fully saturated rings. The van der Waals surface area contributed by atoms with Crippen molar-refractivity contribution >= 4 is 35.4 Å². The summed E-state index contributed by atoms with van der Waals surface area (Å²) in [6.45, 7) is 26.1. The highest BCUT2D eigenvalue weighted by molar-refractivity contribution is 6.04. The first-order chi connectivity index (χ1) is 26.3. The zero-order chi connectivity index (χ0) is 39.8. The Morgan fingerprint density at radius 1 is 0.800 bits per heavy atom. The second kappa shape index (κ2) is 18.8. The molecule has 4 atom stereocenters. The molecule has 2 heterocycles. The third-order valence-corrected chi connectivity index (χ3v) is 11.7. The fourth-order valence-electron chi connectivity index (χ4n) is 7.58. The predicted molar refractivity (Wildman–Crippen MR) is 228 cm³/mol. The highest BCUT2D eigenvalue weighted by Crippen LogP contribution is 2.38. The van der Waals surface area contributed by atoms with Gasteiger partial charge < -0.3 is 9.47 Å². The Balaban J connectivity index is 1.38. The van der Waals surface area contributed by atoms with Crippen LogP contribution in [0.5, 0.6) is 11.5 Å². The molecule has 2 aliphatic rings. The molecule has 55 heavy (non-hydrogen) atoms. The van der Waals surface area contributed by atoms with Gasteiger partial charge in [-0.25, -0.2) is 0 Å². The van der Waals surface area contributed by atoms with Crippen molar-refractivity contribution in [1.29, 1.82) is 0 Å². The maximum absolute atomic E-state index is 13.7. The number of allylic oxidation sites excluding steroid dienone is 2. The molecule has 0 N–H and O–H groups in total. The Labute approximate surface area is 330 Å². The van der Waals surface area contributed by atoms with Crippen molar-refractivity contribution in [3.8, 4) is 11.5 Å². The van der Waals surface area contributed by atoms with Crippen LogP contribution in [0.25, 0.3) is 0 Å². The minimum atomic E-state index is -0.127. The van der Waals surface area contributed by atoms with Crippen molar-refractivity contribution in [2.45, 2.75) is 126 Å². The maximum atomic E-state index is 13.7. The first kappa shape index (κ1) is 41.6. The second-order valence-electron chi connectivity index (χ2n) is 16.2. The van der Waals surface area contributed by atoms with E-state index in [1.54, 1.807) is 0 Å². The summed E-state index contributed by atoms with van der Waals surface area (Å²) in [6.07, 6.45) is 10.7. The molecular formula is C49H62N2O4. The Morgan fingerprint density at radius 3 is 2.07 bits per heavy atom. The van der Waals surface area contributed by atoms with Gasteiger partial charge in [-0.15, -0.1) is 0 Å². The van der Waals surface area contributed by atoms with Gasteiger partial charge in [0.2, 0.25) is 0 Å². The van der Waals surface area contributed by atoms with Crippen molar-refractivity contribution in [3.05, 3.63) is 106 Å². The molecule has 0 amide bonds. The molecule has 3 aromatic carbocycles. The van der Waals surface area contributed by atoms with E-state index in [1.165, 1.54) is 16.7 Å². The number of ketones is 2. The van der Waals surface area contributed by atoms with Gasteiger partial charge in [0.1, 0.15) is 24.7 Å². The fourth-order valence-corrected chi connectivity index (χ4v) is 7.58. The molecule has 5 rings (SSSR count). The van der Waals surface area contributed by atoms with E-state index in [2.05, 4.69) is 72.9 Å². The van der Waals surface area contributed by atoms with Crippen LogP contribution in [-0.2, 0) is 19.6 Å². The SMILES string of the molecule is C=C(CC)CC1C=Nc2cc(OCc3cc(COc4cc5c(cc4C)C(=O)C(C)C(C)C(CC(=C)CC)C=N5)cc(C(C)C)c3)c(CC)cc2C(=O)CCC1. The van der Waals surface area contributed by atoms with Crippen LogP contribution >= 0.6 is 0 Å². The zero-order valence-electron chi connectivity index (χ0n) is 34.6. The van der Waals surface area contributed by atoms with E-state index in [0.717, 1.165) is 72.9 Å². The first-order valence-corrected chi connectivity index (χ1v) is 20.5. The maximum Gasteiger partial charge on any atom is 0.168 e. The Kier molecular flexibility index (Phi) is 14.2. The number of carbonyl (C=O) groups is 2. The molecule has 0 aromatic heterocycles. The Morgan fingerprint density at radius 2 is 1.42 bits per heavy atom. The quantitative estimate of drug-likeness (QED) is 0.154. The number of carbonyl (C=O) groups excluding carboxylic acids is 2. The number of nitrogens with zero attached hydrogens (tertiary/aromatic N) is 2. The van der Waals surface area contributed by atoms with Crippen LogP contribution in [0.2, 0.25) is 0 Å². The average molecular weight is 743 g/mol. The summed E-state index contributed by atoms with van der Waals surface area (Å²) in [6, 6.07) is 14.4. The number of ether oxygens (including phenoxy) is 2. The Hall–Kier alpha value is -4.58. The molecule has 0 saturated heterocycles. The van der Waals surface area contributed by atoms with E-state index in [0.29, 0.717) is 53.8 Å². The molecule has 4 unspecified atom stereocenters. The van der Waals surface area contributed by atoms with E-state index in [4.69, 9.17) is 19.5 Å². The van der Waals surface area contributed by atoms with Crippen LogP contribution < -0.4 is 9.47 Å². The number of aliphatic imine (C=N–C) groups is 2. The summed E-state index contributed by atoms with van der Waals surface area (Å²) in [4.78, 5) is 36.8. The molecule has 6 heteroatoms. The van der Waals surface area contributed by atoms with Crippen molar-refractivity contribution in [3.63, 3.8) is 0 Å². The highest BCUT2D eigenvalue weighted by atomic mass is 16.5. The lowest BCUT2D eigenvalue weighted by molar-refractivity contribution is 0.0877. The molecule has 3 aromatic rings. The lowest BCUT2D eigenvalue weighted by atomic mass is 9.76. The van der Waals surface area contributed by atoms with E-state index in [9.17, 15) is 9.59 Å². The normalized spacial score (nSPS) is 19.8. The molecule has 0 bridgehead atoms. The van der Waals surface area contributed by atoms with E-state index < -0.39 is 0 Å². The number of aryl methyl sites for hydroxylation is 2. The van der Waals surface area contributed by atoms with Crippen LogP contribution in [-0.4, -0.2) is 24.0 Å². The molecule has 2 aliphatic heterocycles. The van der Waals surface area contributed by atoms with Crippen molar-refractivity contribution in [2.24, 2.45) is 33.7 Å². The molecule has 6 nitrogen and oxygen atoms in total. The predicted octanol–water partition coefficient (Wildman–Crippen LogP) is 13.0. The number of hydrogen-bond acceptors (Lipinski definition) is 6. The highest BCUT2D eigenvalue weighted by Gasteiger charge is 2.31. The van der Waals surface area contributed by atoms with Crippen LogP contribution in [0.15, 0.2) is 76.8 Å². The molecular weight excluding hydrogens is 681 g/mol. The Bertz CT molecular complexity index is 1970. The molecule has 0 saturated carbocycles. The first-order valence-electron chi connectivity index (χ1n) is 20.5. The van der Waals surface area contributed by atoms with Crippen LogP contribution in [0.3, 0.4) is 0 Å². The summed E-state index contributed by atoms with van der Waals surface area (Å²) in [5.74, 6) is 2.50. The smallest absolute Gasteiger partial charge is 0.168 e. The van der Waals surface area contributed by atoms with Crippen LogP contribution in [0.1, 0.15) is 148 Å². The van der Waals surface area contributed by atoms with Gasteiger partial charge in [-0.05, 0) is 116 Å². The second-order valence-corrected chi connectivity index (χ2v) is 16.2. The van der Waals surface area contributed by atoms with E-state index in [-0.39, 0.29) is 35.2 Å². The topological polar surface area (TPSA) is 77.3 Å². The number of fused-ring (bicyclic) bond motifs is 2. The largest absolute Gasteiger partial charge is 0.489 e. The van der Waals surface area contributed by atoms with Gasteiger partial charge >= 0.3 is 0 Å². The molecule has 0 spiro atoms. The summed E-state index contributed by atoms with van der Waals surface area (Å²) in [5, 5.41) is 0. The number of hydrogen-bond donors (Lipinski definition) is 0. The van der Waals surface area contributed by atoms with E-state index in [1.807, 2.05) is 50.5 Å². The third-order valence-electron chi connectivity index (χ3n) is 11.7. The van der Waals surface area contributed by atoms with Crippen molar-refractivity contribution < 1.29 is 19.1 Å². The third kappa shape index (κ3) is 10.4.